The molecule has 0 aliphatic rings. The molecule has 0 spiro atoms. The molecule has 8 heteroatoms. The van der Waals surface area contributed by atoms with Crippen molar-refractivity contribution < 1.29 is 12.9 Å². The molecule has 0 atom stereocenters. The van der Waals surface area contributed by atoms with Gasteiger partial charge in [-0.1, -0.05) is 48.5 Å². The van der Waals surface area contributed by atoms with Gasteiger partial charge in [-0.05, 0) is 51.4 Å². The minimum absolute atomic E-state index is 0.295. The Bertz CT molecular complexity index is 1390. The van der Waals surface area contributed by atoms with E-state index in [-0.39, 0.29) is 0 Å². The molecule has 0 unspecified atom stereocenters. The van der Waals surface area contributed by atoms with E-state index >= 15 is 0 Å². The largest absolute Gasteiger partial charge is 0.354 e. The van der Waals surface area contributed by atoms with Gasteiger partial charge in [0.05, 0.1) is 27.7 Å². The fourth-order valence-electron chi connectivity index (χ4n) is 3.64. The van der Waals surface area contributed by atoms with Gasteiger partial charge in [-0.2, -0.15) is 0 Å². The van der Waals surface area contributed by atoms with E-state index in [0.717, 1.165) is 36.3 Å². The van der Waals surface area contributed by atoms with E-state index in [4.69, 9.17) is 9.51 Å². The average Bonchev–Trinajstić information content (AvgIpc) is 3.35. The zero-order valence-electron chi connectivity index (χ0n) is 20.4. The summed E-state index contributed by atoms with van der Waals surface area (Å²) in [5.74, 6) is 0.527. The van der Waals surface area contributed by atoms with Crippen LogP contribution in [0.3, 0.4) is 0 Å². The Morgan fingerprint density at radius 2 is 1.63 bits per heavy atom. The van der Waals surface area contributed by atoms with Crippen molar-refractivity contribution in [3.8, 4) is 34.0 Å². The maximum absolute atomic E-state index is 12.4. The van der Waals surface area contributed by atoms with Crippen molar-refractivity contribution in [1.82, 2.24) is 20.4 Å². The van der Waals surface area contributed by atoms with Crippen LogP contribution in [-0.2, 0) is 16.4 Å². The summed E-state index contributed by atoms with van der Waals surface area (Å²) in [5.41, 5.74) is 5.61. The smallest absolute Gasteiger partial charge is 0.187 e. The molecule has 4 aromatic rings. The Morgan fingerprint density at radius 1 is 0.971 bits per heavy atom. The number of nitrogens with one attached hydrogen (secondary N) is 1. The molecule has 2 aromatic carbocycles. The number of hydrogen-bond donors (Lipinski definition) is 1. The molecular weight excluding hydrogens is 460 g/mol. The summed E-state index contributed by atoms with van der Waals surface area (Å²) in [6, 6.07) is 16.8. The van der Waals surface area contributed by atoms with Crippen molar-refractivity contribution in [2.45, 2.75) is 50.8 Å². The van der Waals surface area contributed by atoms with Gasteiger partial charge >= 0.3 is 0 Å². The monoisotopic (exact) mass is 490 g/mol. The molecule has 4 rings (SSSR count). The van der Waals surface area contributed by atoms with Crippen LogP contribution in [0, 0.1) is 6.92 Å². The van der Waals surface area contributed by atoms with Gasteiger partial charge in [0.15, 0.2) is 15.6 Å². The normalized spacial score (nSPS) is 11.8. The van der Waals surface area contributed by atoms with Crippen molar-refractivity contribution >= 4 is 9.84 Å². The Morgan fingerprint density at radius 3 is 2.29 bits per heavy atom. The fraction of sp³-hybridized carbons (Fsp3) is 0.296. The number of aryl methyl sites for hydroxylation is 1. The maximum Gasteiger partial charge on any atom is 0.187 e. The van der Waals surface area contributed by atoms with E-state index in [1.807, 2.05) is 25.1 Å². The van der Waals surface area contributed by atoms with Crippen molar-refractivity contribution in [3.05, 3.63) is 72.1 Å². The second kappa shape index (κ2) is 10.5. The van der Waals surface area contributed by atoms with Crippen LogP contribution in [0.15, 0.2) is 70.2 Å². The first kappa shape index (κ1) is 24.8. The topological polar surface area (TPSA) is 98.0 Å². The molecule has 0 aliphatic heterocycles. The summed E-state index contributed by atoms with van der Waals surface area (Å²) in [7, 11) is -3.33. The van der Waals surface area contributed by atoms with E-state index < -0.39 is 15.1 Å². The summed E-state index contributed by atoms with van der Waals surface area (Å²) in [5, 5.41) is 7.16. The lowest BCUT2D eigenvalue weighted by Crippen LogP contribution is -2.13. The quantitative estimate of drug-likeness (QED) is 0.311. The number of hydrogen-bond acceptors (Lipinski definition) is 7. The van der Waals surface area contributed by atoms with Gasteiger partial charge in [-0.3, -0.25) is 4.98 Å². The zero-order valence-corrected chi connectivity index (χ0v) is 21.3. The summed E-state index contributed by atoms with van der Waals surface area (Å²) >= 11 is 0. The first-order valence-electron chi connectivity index (χ1n) is 11.7. The van der Waals surface area contributed by atoms with Crippen LogP contribution in [-0.4, -0.2) is 35.3 Å². The molecule has 7 nitrogen and oxygen atoms in total. The van der Waals surface area contributed by atoms with E-state index in [9.17, 15) is 8.42 Å². The second-order valence-corrected chi connectivity index (χ2v) is 11.3. The lowest BCUT2D eigenvalue weighted by molar-refractivity contribution is 0.433. The summed E-state index contributed by atoms with van der Waals surface area (Å²) < 4.78 is 30.5. The fourth-order valence-corrected chi connectivity index (χ4v) is 4.69. The Kier molecular flexibility index (Phi) is 7.42. The number of nitrogens with zero attached hydrogens (tertiary/aromatic N) is 3. The van der Waals surface area contributed by atoms with Crippen LogP contribution in [0.25, 0.3) is 34.0 Å². The van der Waals surface area contributed by atoms with Gasteiger partial charge in [-0.25, -0.2) is 13.4 Å². The highest BCUT2D eigenvalue weighted by molar-refractivity contribution is 7.92. The first-order valence-corrected chi connectivity index (χ1v) is 13.3. The third kappa shape index (κ3) is 5.49. The number of rotatable bonds is 9. The molecule has 35 heavy (non-hydrogen) atoms. The SMILES string of the molecule is CCCNCc1ccc(-c2cc(-c3nc(-c4ccc(S(=O)(=O)C(C)C)cc4)cnc3C)on2)cc1. The second-order valence-electron chi connectivity index (χ2n) is 8.76. The van der Waals surface area contributed by atoms with Gasteiger partial charge in [0.25, 0.3) is 0 Å². The van der Waals surface area contributed by atoms with Crippen LogP contribution in [0.1, 0.15) is 38.4 Å². The minimum atomic E-state index is -3.33. The molecule has 0 radical (unpaired) electrons. The van der Waals surface area contributed by atoms with Crippen LogP contribution in [0.4, 0.5) is 0 Å². The average molecular weight is 491 g/mol. The van der Waals surface area contributed by atoms with E-state index in [2.05, 4.69) is 34.5 Å². The van der Waals surface area contributed by atoms with Gasteiger partial charge in [-0.15, -0.1) is 0 Å². The van der Waals surface area contributed by atoms with Gasteiger partial charge in [0.1, 0.15) is 11.4 Å². The predicted molar refractivity (Wildman–Crippen MR) is 137 cm³/mol. The Balaban J connectivity index is 1.57. The van der Waals surface area contributed by atoms with E-state index in [1.54, 1.807) is 44.3 Å². The van der Waals surface area contributed by atoms with Crippen molar-refractivity contribution in [2.75, 3.05) is 6.54 Å². The molecule has 0 saturated heterocycles. The Labute approximate surface area is 206 Å². The highest BCUT2D eigenvalue weighted by Crippen LogP contribution is 2.29. The zero-order chi connectivity index (χ0) is 25.0. The molecule has 0 bridgehead atoms. The summed E-state index contributed by atoms with van der Waals surface area (Å²) in [4.78, 5) is 9.53. The summed E-state index contributed by atoms with van der Waals surface area (Å²) in [6.45, 7) is 9.19. The Hall–Kier alpha value is -3.36. The van der Waals surface area contributed by atoms with Gasteiger partial charge in [0, 0.05) is 23.7 Å². The van der Waals surface area contributed by atoms with Crippen LogP contribution in [0.2, 0.25) is 0 Å². The van der Waals surface area contributed by atoms with Crippen LogP contribution < -0.4 is 5.32 Å². The third-order valence-electron chi connectivity index (χ3n) is 5.80. The molecule has 0 saturated carbocycles. The summed E-state index contributed by atoms with van der Waals surface area (Å²) in [6.07, 6.45) is 2.78. The highest BCUT2D eigenvalue weighted by Gasteiger charge is 2.19. The predicted octanol–water partition coefficient (Wildman–Crippen LogP) is 5.46. The van der Waals surface area contributed by atoms with Gasteiger partial charge in [0.2, 0.25) is 0 Å². The number of sulfone groups is 1. The highest BCUT2D eigenvalue weighted by atomic mass is 32.2. The molecule has 182 valence electrons. The van der Waals surface area contributed by atoms with E-state index in [1.165, 1.54) is 5.56 Å². The molecular formula is C27H30N4O3S. The van der Waals surface area contributed by atoms with Crippen LogP contribution in [0.5, 0.6) is 0 Å². The standard InChI is InChI=1S/C27H30N4O3S/c1-5-14-28-16-20-6-8-21(9-7-20)24-15-26(34-31-24)27-19(4)29-17-25(30-27)22-10-12-23(13-11-22)35(32,33)18(2)3/h6-13,15,17-18,28H,5,14,16H2,1-4H3. The molecule has 2 heterocycles. The van der Waals surface area contributed by atoms with E-state index in [0.29, 0.717) is 27.7 Å². The lowest BCUT2D eigenvalue weighted by Gasteiger charge is -2.09. The molecule has 0 amide bonds. The van der Waals surface area contributed by atoms with Crippen molar-refractivity contribution in [2.24, 2.45) is 0 Å². The van der Waals surface area contributed by atoms with Gasteiger partial charge < -0.3 is 9.84 Å². The lowest BCUT2D eigenvalue weighted by atomic mass is 10.1. The van der Waals surface area contributed by atoms with Crippen molar-refractivity contribution in [1.29, 1.82) is 0 Å². The minimum Gasteiger partial charge on any atom is -0.354 e. The third-order valence-corrected chi connectivity index (χ3v) is 7.97. The first-order chi connectivity index (χ1) is 16.8. The number of aromatic nitrogens is 3. The molecule has 1 N–H and O–H groups in total. The molecule has 2 aromatic heterocycles. The number of benzene rings is 2. The molecule has 0 aliphatic carbocycles. The van der Waals surface area contributed by atoms with Crippen LogP contribution >= 0.6 is 0 Å². The van der Waals surface area contributed by atoms with Crippen molar-refractivity contribution in [3.63, 3.8) is 0 Å². The maximum atomic E-state index is 12.4. The molecule has 0 fully saturated rings.